The van der Waals surface area contributed by atoms with Gasteiger partial charge in [0.15, 0.2) is 0 Å². The number of ether oxygens (including phenoxy) is 1. The molecule has 2 aliphatic rings. The van der Waals surface area contributed by atoms with Crippen LogP contribution in [0.3, 0.4) is 0 Å². The number of nitrogens with zero attached hydrogens (tertiary/aromatic N) is 5. The van der Waals surface area contributed by atoms with E-state index in [2.05, 4.69) is 86.0 Å². The van der Waals surface area contributed by atoms with Crippen LogP contribution in [0.1, 0.15) is 22.6 Å². The molecular formula is C26H24IN5O2. The Morgan fingerprint density at radius 2 is 1.65 bits per heavy atom. The molecule has 0 aromatic heterocycles. The Kier molecular flexibility index (Phi) is 6.60. The number of hydrogen-bond acceptors (Lipinski definition) is 4. The normalized spacial score (nSPS) is 14.9. The lowest BCUT2D eigenvalue weighted by Gasteiger charge is -2.36. The highest BCUT2D eigenvalue weighted by Crippen LogP contribution is 2.44. The van der Waals surface area contributed by atoms with Gasteiger partial charge in [0, 0.05) is 46.3 Å². The predicted octanol–water partition coefficient (Wildman–Crippen LogP) is 6.17. The van der Waals surface area contributed by atoms with Crippen molar-refractivity contribution in [1.29, 1.82) is 0 Å². The zero-order chi connectivity index (χ0) is 23.5. The van der Waals surface area contributed by atoms with Crippen LogP contribution in [0.15, 0.2) is 71.8 Å². The number of amides is 1. The van der Waals surface area contributed by atoms with Gasteiger partial charge in [0.1, 0.15) is 6.61 Å². The van der Waals surface area contributed by atoms with Gasteiger partial charge in [-0.15, -0.1) is 0 Å². The quantitative estimate of drug-likeness (QED) is 0.161. The van der Waals surface area contributed by atoms with E-state index in [1.807, 2.05) is 18.2 Å². The highest BCUT2D eigenvalue weighted by Gasteiger charge is 2.30. The Bertz CT molecular complexity index is 1220. The molecule has 172 valence electrons. The molecule has 0 bridgehead atoms. The lowest BCUT2D eigenvalue weighted by Crippen LogP contribution is -2.49. The van der Waals surface area contributed by atoms with Crippen LogP contribution in [-0.2, 0) is 11.3 Å². The molecule has 0 N–H and O–H groups in total. The summed E-state index contributed by atoms with van der Waals surface area (Å²) in [6.07, 6.45) is -0.256. The summed E-state index contributed by atoms with van der Waals surface area (Å²) in [6.45, 7) is 3.34. The largest absolute Gasteiger partial charge is 0.448 e. The minimum atomic E-state index is -0.256. The number of halogens is 1. The first kappa shape index (κ1) is 22.6. The SMILES string of the molecule is [N-]=[N+]=NCc1cc(I)cc(N2CCN(C(=O)OCC3c4ccccc4-c4ccccc43)CC2)c1. The Morgan fingerprint density at radius 3 is 2.29 bits per heavy atom. The summed E-state index contributed by atoms with van der Waals surface area (Å²) in [7, 11) is 0. The molecule has 0 radical (unpaired) electrons. The summed E-state index contributed by atoms with van der Waals surface area (Å²) >= 11 is 2.28. The maximum atomic E-state index is 12.9. The molecule has 8 heteroatoms. The monoisotopic (exact) mass is 565 g/mol. The van der Waals surface area contributed by atoms with E-state index in [0.717, 1.165) is 27.9 Å². The number of hydrogen-bond donors (Lipinski definition) is 0. The lowest BCUT2D eigenvalue weighted by atomic mass is 9.98. The van der Waals surface area contributed by atoms with Crippen molar-refractivity contribution in [2.45, 2.75) is 12.5 Å². The van der Waals surface area contributed by atoms with Crippen molar-refractivity contribution in [3.63, 3.8) is 0 Å². The van der Waals surface area contributed by atoms with E-state index in [9.17, 15) is 4.79 Å². The Morgan fingerprint density at radius 1 is 1.00 bits per heavy atom. The van der Waals surface area contributed by atoms with Crippen molar-refractivity contribution >= 4 is 34.4 Å². The molecule has 0 spiro atoms. The van der Waals surface area contributed by atoms with E-state index in [1.165, 1.54) is 22.3 Å². The third-order valence-corrected chi connectivity index (χ3v) is 7.12. The van der Waals surface area contributed by atoms with Crippen LogP contribution in [0.4, 0.5) is 10.5 Å². The van der Waals surface area contributed by atoms with Crippen LogP contribution in [0.5, 0.6) is 0 Å². The fraction of sp³-hybridized carbons (Fsp3) is 0.269. The summed E-state index contributed by atoms with van der Waals surface area (Å²) in [5, 5.41) is 3.68. The number of benzene rings is 3. The number of carbonyl (C=O) groups excluding carboxylic acids is 1. The van der Waals surface area contributed by atoms with E-state index in [1.54, 1.807) is 4.90 Å². The summed E-state index contributed by atoms with van der Waals surface area (Å²) in [5.41, 5.74) is 15.6. The van der Waals surface area contributed by atoms with Crippen molar-refractivity contribution in [2.24, 2.45) is 5.11 Å². The van der Waals surface area contributed by atoms with E-state index in [0.29, 0.717) is 26.2 Å². The molecule has 0 unspecified atom stereocenters. The third kappa shape index (κ3) is 4.56. The second kappa shape index (κ2) is 9.95. The number of piperazine rings is 1. The summed E-state index contributed by atoms with van der Waals surface area (Å²) in [5.74, 6) is 0.0681. The smallest absolute Gasteiger partial charge is 0.409 e. The minimum absolute atomic E-state index is 0.0681. The maximum absolute atomic E-state index is 12.9. The van der Waals surface area contributed by atoms with E-state index < -0.39 is 0 Å². The van der Waals surface area contributed by atoms with Gasteiger partial charge >= 0.3 is 6.09 Å². The molecule has 3 aromatic rings. The Labute approximate surface area is 212 Å². The standard InChI is InChI=1S/C26H24IN5O2/c27-19-13-18(16-29-30-28)14-20(15-19)31-9-11-32(12-10-31)26(33)34-17-25-23-7-3-1-5-21(23)22-6-2-4-8-24(22)25/h1-8,13-15,25H,9-12,16-17H2. The average molecular weight is 565 g/mol. The first-order valence-corrected chi connectivity index (χ1v) is 12.4. The van der Waals surface area contributed by atoms with Crippen LogP contribution < -0.4 is 4.90 Å². The first-order chi connectivity index (χ1) is 16.6. The van der Waals surface area contributed by atoms with Crippen molar-refractivity contribution < 1.29 is 9.53 Å². The van der Waals surface area contributed by atoms with Crippen molar-refractivity contribution in [3.8, 4) is 11.1 Å². The summed E-state index contributed by atoms with van der Waals surface area (Å²) in [4.78, 5) is 19.8. The second-order valence-electron chi connectivity index (χ2n) is 8.48. The first-order valence-electron chi connectivity index (χ1n) is 11.3. The van der Waals surface area contributed by atoms with Crippen molar-refractivity contribution in [3.05, 3.63) is 97.4 Å². The molecule has 3 aromatic carbocycles. The third-order valence-electron chi connectivity index (χ3n) is 6.50. The minimum Gasteiger partial charge on any atom is -0.448 e. The van der Waals surface area contributed by atoms with Gasteiger partial charge in [0.2, 0.25) is 0 Å². The average Bonchev–Trinajstić information content (AvgIpc) is 3.19. The highest BCUT2D eigenvalue weighted by molar-refractivity contribution is 14.1. The number of azide groups is 1. The lowest BCUT2D eigenvalue weighted by molar-refractivity contribution is 0.0977. The topological polar surface area (TPSA) is 81.5 Å². The van der Waals surface area contributed by atoms with Crippen LogP contribution in [-0.4, -0.2) is 43.8 Å². The number of carbonyl (C=O) groups is 1. The fourth-order valence-corrected chi connectivity index (χ4v) is 5.57. The van der Waals surface area contributed by atoms with Crippen LogP contribution in [0, 0.1) is 3.57 Å². The zero-order valence-corrected chi connectivity index (χ0v) is 20.8. The van der Waals surface area contributed by atoms with Crippen LogP contribution in [0.2, 0.25) is 0 Å². The van der Waals surface area contributed by atoms with Gasteiger partial charge in [0.05, 0.1) is 6.54 Å². The maximum Gasteiger partial charge on any atom is 0.409 e. The molecule has 1 heterocycles. The molecule has 5 rings (SSSR count). The number of fused-ring (bicyclic) bond motifs is 3. The molecule has 1 aliphatic carbocycles. The van der Waals surface area contributed by atoms with Gasteiger partial charge < -0.3 is 14.5 Å². The second-order valence-corrected chi connectivity index (χ2v) is 9.73. The molecule has 1 fully saturated rings. The molecule has 1 aliphatic heterocycles. The predicted molar refractivity (Wildman–Crippen MR) is 141 cm³/mol. The molecule has 0 atom stereocenters. The summed E-state index contributed by atoms with van der Waals surface area (Å²) in [6, 6.07) is 22.9. The van der Waals surface area contributed by atoms with E-state index >= 15 is 0 Å². The van der Waals surface area contributed by atoms with Gasteiger partial charge in [-0.05, 0) is 74.1 Å². The molecular weight excluding hydrogens is 541 g/mol. The van der Waals surface area contributed by atoms with Crippen LogP contribution >= 0.6 is 22.6 Å². The van der Waals surface area contributed by atoms with Gasteiger partial charge in [-0.1, -0.05) is 53.6 Å². The molecule has 7 nitrogen and oxygen atoms in total. The van der Waals surface area contributed by atoms with Gasteiger partial charge in [-0.25, -0.2) is 4.79 Å². The van der Waals surface area contributed by atoms with Gasteiger partial charge in [0.25, 0.3) is 0 Å². The Balaban J connectivity index is 1.21. The van der Waals surface area contributed by atoms with Crippen LogP contribution in [0.25, 0.3) is 21.6 Å². The zero-order valence-electron chi connectivity index (χ0n) is 18.6. The number of anilines is 1. The summed E-state index contributed by atoms with van der Waals surface area (Å²) < 4.78 is 6.92. The molecule has 1 saturated heterocycles. The molecule has 1 amide bonds. The molecule has 0 saturated carbocycles. The van der Waals surface area contributed by atoms with E-state index in [4.69, 9.17) is 10.3 Å². The highest BCUT2D eigenvalue weighted by atomic mass is 127. The fourth-order valence-electron chi connectivity index (χ4n) is 4.85. The van der Waals surface area contributed by atoms with Crippen molar-refractivity contribution in [2.75, 3.05) is 37.7 Å². The van der Waals surface area contributed by atoms with Gasteiger partial charge in [-0.3, -0.25) is 0 Å². The number of rotatable bonds is 5. The molecule has 34 heavy (non-hydrogen) atoms. The van der Waals surface area contributed by atoms with Gasteiger partial charge in [-0.2, -0.15) is 0 Å². The van der Waals surface area contributed by atoms with Crippen molar-refractivity contribution in [1.82, 2.24) is 4.90 Å². The van der Waals surface area contributed by atoms with E-state index in [-0.39, 0.29) is 12.0 Å². The Hall–Kier alpha value is -3.23.